The van der Waals surface area contributed by atoms with Crippen LogP contribution in [0.1, 0.15) is 29.8 Å². The molecular weight excluding hydrogens is 423 g/mol. The molecule has 1 aromatic heterocycles. The molecule has 0 amide bonds. The number of hydrogen-bond acceptors (Lipinski definition) is 9. The van der Waals surface area contributed by atoms with E-state index in [0.717, 1.165) is 23.1 Å². The van der Waals surface area contributed by atoms with Crippen LogP contribution in [0.15, 0.2) is 48.7 Å². The number of methoxy groups -OCH3 is 1. The Bertz CT molecular complexity index is 1090. The van der Waals surface area contributed by atoms with Crippen molar-refractivity contribution in [3.05, 3.63) is 59.8 Å². The van der Waals surface area contributed by atoms with Crippen LogP contribution in [0.4, 0.5) is 11.4 Å². The molecule has 0 spiro atoms. The first-order valence-corrected chi connectivity index (χ1v) is 10.9. The Morgan fingerprint density at radius 2 is 1.77 bits per heavy atom. The van der Waals surface area contributed by atoms with Gasteiger partial charge < -0.3 is 34.0 Å². The number of fused-ring (bicyclic) bond motifs is 1. The van der Waals surface area contributed by atoms with Crippen molar-refractivity contribution in [2.75, 3.05) is 19.0 Å². The molecule has 9 nitrogen and oxygen atoms in total. The predicted molar refractivity (Wildman–Crippen MR) is 111 cm³/mol. The van der Waals surface area contributed by atoms with Gasteiger partial charge in [-0.1, -0.05) is 37.3 Å². The average Bonchev–Trinajstić information content (AvgIpc) is 2.72. The van der Waals surface area contributed by atoms with Gasteiger partial charge in [0.15, 0.2) is 0 Å². The fourth-order valence-electron chi connectivity index (χ4n) is 2.94. The van der Waals surface area contributed by atoms with Crippen molar-refractivity contribution < 1.29 is 33.5 Å². The van der Waals surface area contributed by atoms with Gasteiger partial charge >= 0.3 is 5.97 Å². The number of pyridine rings is 1. The van der Waals surface area contributed by atoms with Crippen LogP contribution < -0.4 is 24.7 Å². The average molecular weight is 445 g/mol. The number of benzene rings is 2. The molecule has 1 N–H and O–H groups in total. The molecule has 0 fully saturated rings. The van der Waals surface area contributed by atoms with Crippen molar-refractivity contribution in [1.82, 2.24) is 4.98 Å². The number of hydrogen-bond donors (Lipinski definition) is 1. The van der Waals surface area contributed by atoms with Crippen molar-refractivity contribution >= 4 is 36.1 Å². The van der Waals surface area contributed by atoms with E-state index in [0.29, 0.717) is 29.1 Å². The van der Waals surface area contributed by atoms with Crippen LogP contribution in [-0.2, 0) is 15.7 Å². The first kappa shape index (κ1) is 24.3. The minimum atomic E-state index is -5.39. The maximum Gasteiger partial charge on any atom is 0.341 e. The van der Waals surface area contributed by atoms with Gasteiger partial charge in [0.1, 0.15) is 16.8 Å². The van der Waals surface area contributed by atoms with E-state index < -0.39 is 13.8 Å². The summed E-state index contributed by atoms with van der Waals surface area (Å²) in [5, 5.41) is 4.24. The fourth-order valence-corrected chi connectivity index (χ4v) is 2.94. The number of anilines is 2. The van der Waals surface area contributed by atoms with Gasteiger partial charge in [0.25, 0.3) is 0 Å². The Morgan fingerprint density at radius 3 is 2.39 bits per heavy atom. The molecule has 1 heterocycles. The highest BCUT2D eigenvalue weighted by molar-refractivity contribution is 7.40. The molecule has 166 valence electrons. The van der Waals surface area contributed by atoms with Crippen molar-refractivity contribution in [3.63, 3.8) is 0 Å². The number of aromatic nitrogens is 1. The smallest absolute Gasteiger partial charge is 0.341 e. The lowest BCUT2D eigenvalue weighted by Gasteiger charge is -2.36. The van der Waals surface area contributed by atoms with Crippen LogP contribution in [0.3, 0.4) is 0 Å². The van der Waals surface area contributed by atoms with Gasteiger partial charge in [0.2, 0.25) is 0 Å². The van der Waals surface area contributed by atoms with E-state index in [1.165, 1.54) is 0 Å². The summed E-state index contributed by atoms with van der Waals surface area (Å²) in [7, 11) is -3.78. The molecule has 0 saturated carbocycles. The van der Waals surface area contributed by atoms with Crippen LogP contribution in [0.2, 0.25) is 0 Å². The van der Waals surface area contributed by atoms with E-state index >= 15 is 0 Å². The van der Waals surface area contributed by atoms with Crippen molar-refractivity contribution in [2.24, 2.45) is 0 Å². The SMILES string of the molecule is CCOC(=O)c1cnc2c(OC)cccc2c1Nc1ccccc1CC.O=P([O-])([O-])[O-]. The summed E-state index contributed by atoms with van der Waals surface area (Å²) < 4.78 is 19.2. The topological polar surface area (TPSA) is 147 Å². The van der Waals surface area contributed by atoms with E-state index in [4.69, 9.17) is 28.7 Å². The lowest BCUT2D eigenvalue weighted by Crippen LogP contribution is -2.24. The van der Waals surface area contributed by atoms with Gasteiger partial charge in [-0.25, -0.2) is 4.79 Å². The number of esters is 1. The fraction of sp³-hybridized carbons (Fsp3) is 0.238. The molecule has 10 heteroatoms. The van der Waals surface area contributed by atoms with E-state index in [2.05, 4.69) is 23.3 Å². The molecule has 0 saturated heterocycles. The van der Waals surface area contributed by atoms with E-state index in [9.17, 15) is 4.79 Å². The Kier molecular flexibility index (Phi) is 8.53. The Morgan fingerprint density at radius 1 is 1.10 bits per heavy atom. The standard InChI is InChI=1S/C21H22N2O3.H3O4P/c1-4-14-9-6-7-11-17(14)23-19-15-10-8-12-18(25-3)20(15)22-13-16(19)21(24)26-5-2;1-5(2,3)4/h6-13H,4-5H2,1-3H3,(H,22,23);(H3,1,2,3,4)/p-3. The second kappa shape index (κ2) is 10.9. The molecular formula is C21H22N2O7P-3. The van der Waals surface area contributed by atoms with Gasteiger partial charge in [-0.2, -0.15) is 7.82 Å². The van der Waals surface area contributed by atoms with Crippen LogP contribution in [0.25, 0.3) is 10.9 Å². The number of ether oxygens (including phenoxy) is 2. The van der Waals surface area contributed by atoms with Crippen LogP contribution in [0.5, 0.6) is 5.75 Å². The van der Waals surface area contributed by atoms with Crippen LogP contribution in [-0.4, -0.2) is 24.7 Å². The number of aryl methyl sites for hydroxylation is 1. The molecule has 0 unspecified atom stereocenters. The summed E-state index contributed by atoms with van der Waals surface area (Å²) in [6.07, 6.45) is 2.42. The molecule has 0 atom stereocenters. The van der Waals surface area contributed by atoms with Gasteiger partial charge in [-0.05, 0) is 31.0 Å². The first-order valence-electron chi connectivity index (χ1n) is 9.40. The number of nitrogens with zero attached hydrogens (tertiary/aromatic N) is 1. The van der Waals surface area contributed by atoms with Gasteiger partial charge in [-0.15, -0.1) is 0 Å². The minimum Gasteiger partial charge on any atom is -0.822 e. The second-order valence-electron chi connectivity index (χ2n) is 6.21. The summed E-state index contributed by atoms with van der Waals surface area (Å²) in [6.45, 7) is 4.19. The molecule has 0 aliphatic heterocycles. The number of rotatable bonds is 6. The quantitative estimate of drug-likeness (QED) is 0.444. The summed E-state index contributed by atoms with van der Waals surface area (Å²) in [4.78, 5) is 42.6. The van der Waals surface area contributed by atoms with Crippen molar-refractivity contribution in [2.45, 2.75) is 20.3 Å². The third-order valence-electron chi connectivity index (χ3n) is 4.23. The van der Waals surface area contributed by atoms with Crippen molar-refractivity contribution in [1.29, 1.82) is 0 Å². The van der Waals surface area contributed by atoms with Gasteiger partial charge in [-0.3, -0.25) is 4.98 Å². The monoisotopic (exact) mass is 445 g/mol. The molecule has 0 radical (unpaired) electrons. The zero-order chi connectivity index (χ0) is 23.0. The summed E-state index contributed by atoms with van der Waals surface area (Å²) in [6, 6.07) is 13.7. The number of para-hydroxylation sites is 2. The van der Waals surface area contributed by atoms with Gasteiger partial charge in [0.05, 0.1) is 19.4 Å². The molecule has 2 aromatic carbocycles. The van der Waals surface area contributed by atoms with Crippen LogP contribution in [0, 0.1) is 0 Å². The predicted octanol–water partition coefficient (Wildman–Crippen LogP) is 1.90. The third kappa shape index (κ3) is 6.77. The Balaban J connectivity index is 0.000000614. The number of nitrogens with one attached hydrogen (secondary N) is 1. The highest BCUT2D eigenvalue weighted by Gasteiger charge is 2.19. The zero-order valence-electron chi connectivity index (χ0n) is 17.3. The highest BCUT2D eigenvalue weighted by atomic mass is 31.2. The molecule has 0 aliphatic carbocycles. The minimum absolute atomic E-state index is 0.306. The lowest BCUT2D eigenvalue weighted by molar-refractivity contribution is -0.432. The molecule has 31 heavy (non-hydrogen) atoms. The number of carbonyl (C=O) groups is 1. The van der Waals surface area contributed by atoms with E-state index in [1.807, 2.05) is 36.4 Å². The normalized spacial score (nSPS) is 10.8. The summed E-state index contributed by atoms with van der Waals surface area (Å²) in [5.74, 6) is 0.255. The maximum atomic E-state index is 12.5. The molecule has 0 aliphatic rings. The number of phosphoric acid groups is 1. The van der Waals surface area contributed by atoms with E-state index in [-0.39, 0.29) is 0 Å². The molecule has 3 rings (SSSR count). The largest absolute Gasteiger partial charge is 0.822 e. The highest BCUT2D eigenvalue weighted by Crippen LogP contribution is 2.34. The summed E-state index contributed by atoms with van der Waals surface area (Å²) >= 11 is 0. The Hall–Kier alpha value is -2.97. The number of carbonyl (C=O) groups excluding carboxylic acids is 1. The maximum absolute atomic E-state index is 12.5. The van der Waals surface area contributed by atoms with Gasteiger partial charge in [0, 0.05) is 17.3 Å². The first-order chi connectivity index (χ1) is 14.7. The van der Waals surface area contributed by atoms with E-state index in [1.54, 1.807) is 20.2 Å². The second-order valence-corrected chi connectivity index (χ2v) is 7.10. The molecule has 0 bridgehead atoms. The summed E-state index contributed by atoms with van der Waals surface area (Å²) in [5.41, 5.74) is 3.89. The van der Waals surface area contributed by atoms with Crippen molar-refractivity contribution in [3.8, 4) is 5.75 Å². The van der Waals surface area contributed by atoms with Crippen LogP contribution >= 0.6 is 7.82 Å². The molecule has 3 aromatic rings. The Labute approximate surface area is 179 Å². The lowest BCUT2D eigenvalue weighted by atomic mass is 10.1. The zero-order valence-corrected chi connectivity index (χ0v) is 18.2. The third-order valence-corrected chi connectivity index (χ3v) is 4.23.